The second kappa shape index (κ2) is 8.36. The average molecular weight is 313 g/mol. The highest BCUT2D eigenvalue weighted by molar-refractivity contribution is 5.78. The van der Waals surface area contributed by atoms with Crippen LogP contribution >= 0.6 is 0 Å². The van der Waals surface area contributed by atoms with E-state index in [2.05, 4.69) is 24.5 Å². The summed E-state index contributed by atoms with van der Waals surface area (Å²) in [5.41, 5.74) is -0.478. The van der Waals surface area contributed by atoms with Crippen LogP contribution in [0.4, 0.5) is 4.79 Å². The Labute approximate surface area is 134 Å². The minimum atomic E-state index is -0.478. The van der Waals surface area contributed by atoms with Gasteiger partial charge in [-0.05, 0) is 39.5 Å². The van der Waals surface area contributed by atoms with E-state index in [1.54, 1.807) is 4.90 Å². The van der Waals surface area contributed by atoms with Gasteiger partial charge in [-0.1, -0.05) is 13.8 Å². The number of nitrogens with zero attached hydrogens (tertiary/aromatic N) is 1. The van der Waals surface area contributed by atoms with E-state index in [4.69, 9.17) is 4.74 Å². The SMILES string of the molecule is CC(C)CNC(=O)CNC1CCCN(C(=O)OC(C)(C)C)C1. The van der Waals surface area contributed by atoms with Gasteiger partial charge in [-0.25, -0.2) is 4.79 Å². The van der Waals surface area contributed by atoms with Crippen molar-refractivity contribution >= 4 is 12.0 Å². The molecule has 0 spiro atoms. The molecule has 1 heterocycles. The van der Waals surface area contributed by atoms with Gasteiger partial charge in [-0.2, -0.15) is 0 Å². The molecular weight excluding hydrogens is 282 g/mol. The molecule has 0 bridgehead atoms. The fourth-order valence-electron chi connectivity index (χ4n) is 2.25. The summed E-state index contributed by atoms with van der Waals surface area (Å²) in [6, 6.07) is 0.145. The first-order chi connectivity index (χ1) is 10.2. The molecule has 0 aliphatic carbocycles. The Kier molecular flexibility index (Phi) is 7.13. The quantitative estimate of drug-likeness (QED) is 0.811. The van der Waals surface area contributed by atoms with E-state index in [1.807, 2.05) is 20.8 Å². The molecule has 1 rings (SSSR count). The fourth-order valence-corrected chi connectivity index (χ4v) is 2.25. The van der Waals surface area contributed by atoms with Crippen LogP contribution in [0, 0.1) is 5.92 Å². The Balaban J connectivity index is 2.34. The highest BCUT2D eigenvalue weighted by atomic mass is 16.6. The first-order valence-electron chi connectivity index (χ1n) is 8.15. The number of piperidine rings is 1. The zero-order valence-corrected chi connectivity index (χ0v) is 14.6. The number of likely N-dealkylation sites (tertiary alicyclic amines) is 1. The van der Waals surface area contributed by atoms with Gasteiger partial charge >= 0.3 is 6.09 Å². The van der Waals surface area contributed by atoms with E-state index in [0.717, 1.165) is 12.8 Å². The van der Waals surface area contributed by atoms with Gasteiger partial charge in [0.2, 0.25) is 5.91 Å². The summed E-state index contributed by atoms with van der Waals surface area (Å²) in [5, 5.41) is 6.11. The van der Waals surface area contributed by atoms with Gasteiger partial charge in [0.1, 0.15) is 5.60 Å². The number of ether oxygens (including phenoxy) is 1. The molecule has 2 amide bonds. The Morgan fingerprint density at radius 1 is 1.32 bits per heavy atom. The summed E-state index contributed by atoms with van der Waals surface area (Å²) in [7, 11) is 0. The summed E-state index contributed by atoms with van der Waals surface area (Å²) in [6.07, 6.45) is 1.62. The highest BCUT2D eigenvalue weighted by Gasteiger charge is 2.27. The van der Waals surface area contributed by atoms with E-state index in [0.29, 0.717) is 32.1 Å². The van der Waals surface area contributed by atoms with Crippen molar-refractivity contribution in [2.75, 3.05) is 26.2 Å². The molecule has 0 saturated carbocycles. The molecule has 22 heavy (non-hydrogen) atoms. The van der Waals surface area contributed by atoms with E-state index >= 15 is 0 Å². The predicted octanol–water partition coefficient (Wildman–Crippen LogP) is 1.75. The third kappa shape index (κ3) is 7.64. The topological polar surface area (TPSA) is 70.7 Å². The number of carbonyl (C=O) groups excluding carboxylic acids is 2. The van der Waals surface area contributed by atoms with E-state index < -0.39 is 5.60 Å². The number of hydrogen-bond donors (Lipinski definition) is 2. The summed E-state index contributed by atoms with van der Waals surface area (Å²) in [5.74, 6) is 0.449. The van der Waals surface area contributed by atoms with Crippen LogP contribution in [0.5, 0.6) is 0 Å². The van der Waals surface area contributed by atoms with Gasteiger partial charge in [0, 0.05) is 25.7 Å². The van der Waals surface area contributed by atoms with E-state index in [1.165, 1.54) is 0 Å². The lowest BCUT2D eigenvalue weighted by Crippen LogP contribution is -2.51. The van der Waals surface area contributed by atoms with Crippen molar-refractivity contribution < 1.29 is 14.3 Å². The number of carbonyl (C=O) groups is 2. The number of amides is 2. The molecule has 0 aromatic carbocycles. The Hall–Kier alpha value is -1.30. The van der Waals surface area contributed by atoms with Gasteiger partial charge in [0.15, 0.2) is 0 Å². The third-order valence-corrected chi connectivity index (χ3v) is 3.33. The lowest BCUT2D eigenvalue weighted by molar-refractivity contribution is -0.120. The largest absolute Gasteiger partial charge is 0.444 e. The molecule has 6 nitrogen and oxygen atoms in total. The molecule has 2 N–H and O–H groups in total. The number of hydrogen-bond acceptors (Lipinski definition) is 4. The maximum atomic E-state index is 12.1. The Morgan fingerprint density at radius 2 is 2.00 bits per heavy atom. The molecule has 6 heteroatoms. The van der Waals surface area contributed by atoms with E-state index in [9.17, 15) is 9.59 Å². The normalized spacial score (nSPS) is 19.2. The summed E-state index contributed by atoms with van der Waals surface area (Å²) < 4.78 is 5.40. The monoisotopic (exact) mass is 313 g/mol. The first kappa shape index (κ1) is 18.7. The number of rotatable bonds is 5. The summed E-state index contributed by atoms with van der Waals surface area (Å²) in [6.45, 7) is 12.0. The van der Waals surface area contributed by atoms with Crippen LogP contribution in [0.25, 0.3) is 0 Å². The minimum Gasteiger partial charge on any atom is -0.444 e. The van der Waals surface area contributed by atoms with Crippen LogP contribution < -0.4 is 10.6 Å². The van der Waals surface area contributed by atoms with Crippen molar-refractivity contribution in [1.29, 1.82) is 0 Å². The van der Waals surface area contributed by atoms with Crippen molar-refractivity contribution in [1.82, 2.24) is 15.5 Å². The van der Waals surface area contributed by atoms with Crippen LogP contribution in [0.3, 0.4) is 0 Å². The molecule has 0 radical (unpaired) electrons. The van der Waals surface area contributed by atoms with Crippen molar-refractivity contribution in [3.8, 4) is 0 Å². The highest BCUT2D eigenvalue weighted by Crippen LogP contribution is 2.15. The molecule has 1 aliphatic rings. The molecular formula is C16H31N3O3. The predicted molar refractivity (Wildman–Crippen MR) is 86.7 cm³/mol. The second-order valence-electron chi connectivity index (χ2n) is 7.34. The minimum absolute atomic E-state index is 0.00286. The Morgan fingerprint density at radius 3 is 2.59 bits per heavy atom. The van der Waals surface area contributed by atoms with Crippen molar-refractivity contribution in [2.24, 2.45) is 5.92 Å². The lowest BCUT2D eigenvalue weighted by atomic mass is 10.1. The average Bonchev–Trinajstić information content (AvgIpc) is 2.41. The van der Waals surface area contributed by atoms with E-state index in [-0.39, 0.29) is 18.0 Å². The molecule has 1 atom stereocenters. The lowest BCUT2D eigenvalue weighted by Gasteiger charge is -2.34. The summed E-state index contributed by atoms with van der Waals surface area (Å²) in [4.78, 5) is 25.5. The van der Waals surface area contributed by atoms with Gasteiger partial charge in [0.05, 0.1) is 6.54 Å². The number of nitrogens with one attached hydrogen (secondary N) is 2. The first-order valence-corrected chi connectivity index (χ1v) is 8.15. The van der Waals surface area contributed by atoms with Crippen molar-refractivity contribution in [2.45, 2.75) is 59.1 Å². The summed E-state index contributed by atoms with van der Waals surface area (Å²) >= 11 is 0. The van der Waals surface area contributed by atoms with Gasteiger partial charge in [-0.15, -0.1) is 0 Å². The molecule has 1 aliphatic heterocycles. The van der Waals surface area contributed by atoms with Crippen molar-refractivity contribution in [3.63, 3.8) is 0 Å². The third-order valence-electron chi connectivity index (χ3n) is 3.33. The standard InChI is InChI=1S/C16H31N3O3/c1-12(2)9-18-14(20)10-17-13-7-6-8-19(11-13)15(21)22-16(3,4)5/h12-13,17H,6-11H2,1-5H3,(H,18,20). The zero-order chi connectivity index (χ0) is 16.8. The maximum absolute atomic E-state index is 12.1. The molecule has 1 saturated heterocycles. The van der Waals surface area contributed by atoms with Crippen LogP contribution in [-0.4, -0.2) is 54.7 Å². The maximum Gasteiger partial charge on any atom is 0.410 e. The van der Waals surface area contributed by atoms with Crippen LogP contribution in [0.1, 0.15) is 47.5 Å². The van der Waals surface area contributed by atoms with Gasteiger partial charge < -0.3 is 20.3 Å². The fraction of sp³-hybridized carbons (Fsp3) is 0.875. The molecule has 0 aromatic heterocycles. The van der Waals surface area contributed by atoms with Crippen LogP contribution in [0.15, 0.2) is 0 Å². The van der Waals surface area contributed by atoms with Gasteiger partial charge in [-0.3, -0.25) is 4.79 Å². The smallest absolute Gasteiger partial charge is 0.410 e. The molecule has 1 fully saturated rings. The molecule has 128 valence electrons. The molecule has 0 aromatic rings. The Bertz CT molecular complexity index is 377. The van der Waals surface area contributed by atoms with Crippen LogP contribution in [0.2, 0.25) is 0 Å². The second-order valence-corrected chi connectivity index (χ2v) is 7.34. The van der Waals surface area contributed by atoms with Crippen LogP contribution in [-0.2, 0) is 9.53 Å². The molecule has 1 unspecified atom stereocenters. The van der Waals surface area contributed by atoms with Gasteiger partial charge in [0.25, 0.3) is 0 Å². The van der Waals surface area contributed by atoms with Crippen molar-refractivity contribution in [3.05, 3.63) is 0 Å². The zero-order valence-electron chi connectivity index (χ0n) is 14.6.